The number of rotatable bonds is 2. The van der Waals surface area contributed by atoms with E-state index in [0.29, 0.717) is 29.4 Å². The van der Waals surface area contributed by atoms with Gasteiger partial charge in [0.2, 0.25) is 0 Å². The van der Waals surface area contributed by atoms with Gasteiger partial charge in [-0.3, -0.25) is 4.79 Å². The molecular formula is C23H22N2O2. The van der Waals surface area contributed by atoms with E-state index < -0.39 is 0 Å². The molecular weight excluding hydrogens is 336 g/mol. The minimum absolute atomic E-state index is 0.0538. The van der Waals surface area contributed by atoms with E-state index in [-0.39, 0.29) is 11.7 Å². The Morgan fingerprint density at radius 1 is 0.926 bits per heavy atom. The number of benzene rings is 1. The Morgan fingerprint density at radius 2 is 1.59 bits per heavy atom. The van der Waals surface area contributed by atoms with E-state index >= 15 is 0 Å². The highest BCUT2D eigenvalue weighted by molar-refractivity contribution is 5.93. The molecule has 1 aliphatic heterocycles. The summed E-state index contributed by atoms with van der Waals surface area (Å²) in [7, 11) is 0. The van der Waals surface area contributed by atoms with Crippen molar-refractivity contribution in [2.24, 2.45) is 35.5 Å². The minimum atomic E-state index is 0.0538. The summed E-state index contributed by atoms with van der Waals surface area (Å²) < 4.78 is 0. The second-order valence-corrected chi connectivity index (χ2v) is 8.60. The van der Waals surface area contributed by atoms with Crippen LogP contribution in [0.3, 0.4) is 0 Å². The molecule has 3 fully saturated rings. The summed E-state index contributed by atoms with van der Waals surface area (Å²) in [6.45, 7) is 1.76. The lowest BCUT2D eigenvalue weighted by molar-refractivity contribution is 0.0776. The first-order chi connectivity index (χ1) is 13.2. The Bertz CT molecular complexity index is 925. The maximum absolute atomic E-state index is 13.2. The van der Waals surface area contributed by atoms with Crippen LogP contribution in [0.15, 0.2) is 54.6 Å². The molecule has 4 nitrogen and oxygen atoms in total. The molecule has 7 rings (SSSR count). The van der Waals surface area contributed by atoms with Gasteiger partial charge in [0.1, 0.15) is 11.4 Å². The first-order valence-electron chi connectivity index (χ1n) is 9.93. The van der Waals surface area contributed by atoms with E-state index in [1.807, 2.05) is 35.2 Å². The van der Waals surface area contributed by atoms with Crippen LogP contribution in [0.2, 0.25) is 0 Å². The minimum Gasteiger partial charge on any atom is -0.508 e. The highest BCUT2D eigenvalue weighted by Crippen LogP contribution is 2.64. The van der Waals surface area contributed by atoms with Crippen molar-refractivity contribution in [2.45, 2.75) is 6.42 Å². The number of amides is 1. The number of hydrogen-bond acceptors (Lipinski definition) is 3. The molecule has 1 aromatic heterocycles. The molecule has 4 heteroatoms. The topological polar surface area (TPSA) is 53.4 Å². The number of aromatic nitrogens is 1. The van der Waals surface area contributed by atoms with Crippen LogP contribution in [0.1, 0.15) is 16.9 Å². The summed E-state index contributed by atoms with van der Waals surface area (Å²) in [5.41, 5.74) is 2.19. The fraction of sp³-hybridized carbons (Fsp3) is 0.391. The zero-order valence-corrected chi connectivity index (χ0v) is 15.0. The second kappa shape index (κ2) is 5.44. The molecule has 1 saturated heterocycles. The molecule has 2 saturated carbocycles. The summed E-state index contributed by atoms with van der Waals surface area (Å²) in [5.74, 6) is 4.75. The van der Waals surface area contributed by atoms with Crippen molar-refractivity contribution in [3.63, 3.8) is 0 Å². The molecule has 2 aromatic rings. The molecule has 1 N–H and O–H groups in total. The maximum atomic E-state index is 13.2. The van der Waals surface area contributed by atoms with E-state index in [2.05, 4.69) is 17.1 Å². The predicted molar refractivity (Wildman–Crippen MR) is 102 cm³/mol. The Hall–Kier alpha value is -2.62. The molecule has 1 aromatic carbocycles. The molecule has 4 aliphatic carbocycles. The van der Waals surface area contributed by atoms with E-state index in [1.54, 1.807) is 12.1 Å². The number of carbonyl (C=O) groups excluding carboxylic acids is 1. The Balaban J connectivity index is 1.25. The van der Waals surface area contributed by atoms with Crippen molar-refractivity contribution in [3.05, 3.63) is 60.3 Å². The smallest absolute Gasteiger partial charge is 0.272 e. The molecule has 0 spiro atoms. The molecule has 0 radical (unpaired) electrons. The predicted octanol–water partition coefficient (Wildman–Crippen LogP) is 3.59. The largest absolute Gasteiger partial charge is 0.508 e. The molecule has 2 heterocycles. The van der Waals surface area contributed by atoms with Gasteiger partial charge in [-0.15, -0.1) is 0 Å². The third kappa shape index (κ3) is 2.29. The van der Waals surface area contributed by atoms with Crippen LogP contribution < -0.4 is 0 Å². The number of phenols is 1. The number of allylic oxidation sites excluding steroid dienone is 2. The lowest BCUT2D eigenvalue weighted by Gasteiger charge is -2.40. The normalized spacial score (nSPS) is 35.0. The van der Waals surface area contributed by atoms with Crippen LogP contribution in [-0.2, 0) is 0 Å². The van der Waals surface area contributed by atoms with Crippen molar-refractivity contribution in [3.8, 4) is 17.0 Å². The zero-order chi connectivity index (χ0) is 18.1. The van der Waals surface area contributed by atoms with Crippen molar-refractivity contribution in [2.75, 3.05) is 13.1 Å². The first-order valence-corrected chi connectivity index (χ1v) is 9.93. The molecule has 1 unspecified atom stereocenters. The van der Waals surface area contributed by atoms with Gasteiger partial charge in [0.25, 0.3) is 5.91 Å². The van der Waals surface area contributed by atoms with Crippen molar-refractivity contribution < 1.29 is 9.90 Å². The summed E-state index contributed by atoms with van der Waals surface area (Å²) in [6.07, 6.45) is 6.29. The van der Waals surface area contributed by atoms with E-state index in [0.717, 1.165) is 36.2 Å². The van der Waals surface area contributed by atoms with Gasteiger partial charge >= 0.3 is 0 Å². The van der Waals surface area contributed by atoms with Crippen LogP contribution in [0.4, 0.5) is 0 Å². The van der Waals surface area contributed by atoms with Gasteiger partial charge in [0.15, 0.2) is 0 Å². The van der Waals surface area contributed by atoms with Crippen LogP contribution >= 0.6 is 0 Å². The van der Waals surface area contributed by atoms with Gasteiger partial charge in [-0.1, -0.05) is 18.2 Å². The molecule has 136 valence electrons. The average molecular weight is 358 g/mol. The van der Waals surface area contributed by atoms with Crippen molar-refractivity contribution in [1.29, 1.82) is 0 Å². The lowest BCUT2D eigenvalue weighted by Crippen LogP contribution is -2.37. The standard InChI is InChI=1S/C23H22N2O2/c26-14-6-4-13(5-7-14)21-2-1-3-22(24-21)23(27)25-11-19-15-8-9-16(20(19)12-25)18-10-17(15)18/h1-9,15-20,26H,10-12H2/t15-,16+,17+,18-,19-,20?/m0/s1. The van der Waals surface area contributed by atoms with Gasteiger partial charge < -0.3 is 10.0 Å². The number of likely N-dealkylation sites (tertiary alicyclic amines) is 1. The van der Waals surface area contributed by atoms with Crippen LogP contribution in [0.25, 0.3) is 11.3 Å². The van der Waals surface area contributed by atoms with E-state index in [1.165, 1.54) is 6.42 Å². The molecule has 5 aliphatic rings. The Kier molecular flexibility index (Phi) is 3.11. The quantitative estimate of drug-likeness (QED) is 0.835. The number of phenolic OH excluding ortho intramolecular Hbond substituents is 1. The summed E-state index contributed by atoms with van der Waals surface area (Å²) in [5, 5.41) is 9.47. The monoisotopic (exact) mass is 358 g/mol. The zero-order valence-electron chi connectivity index (χ0n) is 15.0. The molecule has 2 bridgehead atoms. The number of carbonyl (C=O) groups is 1. The molecule has 6 atom stereocenters. The summed E-state index contributed by atoms with van der Waals surface area (Å²) >= 11 is 0. The third-order valence-corrected chi connectivity index (χ3v) is 7.26. The van der Waals surface area contributed by atoms with Gasteiger partial charge in [0, 0.05) is 18.7 Å². The van der Waals surface area contributed by atoms with Crippen LogP contribution in [0, 0.1) is 35.5 Å². The van der Waals surface area contributed by atoms with Crippen LogP contribution in [0.5, 0.6) is 5.75 Å². The van der Waals surface area contributed by atoms with Crippen molar-refractivity contribution in [1.82, 2.24) is 9.88 Å². The van der Waals surface area contributed by atoms with E-state index in [9.17, 15) is 9.90 Å². The number of hydrogen-bond donors (Lipinski definition) is 1. The van der Waals surface area contributed by atoms with Crippen LogP contribution in [-0.4, -0.2) is 34.0 Å². The van der Waals surface area contributed by atoms with Gasteiger partial charge in [-0.2, -0.15) is 0 Å². The van der Waals surface area contributed by atoms with Crippen molar-refractivity contribution >= 4 is 5.91 Å². The van der Waals surface area contributed by atoms with Gasteiger partial charge in [-0.25, -0.2) is 4.98 Å². The fourth-order valence-corrected chi connectivity index (χ4v) is 5.93. The number of nitrogens with zero attached hydrogens (tertiary/aromatic N) is 2. The van der Waals surface area contributed by atoms with E-state index in [4.69, 9.17) is 0 Å². The maximum Gasteiger partial charge on any atom is 0.272 e. The van der Waals surface area contributed by atoms with Gasteiger partial charge in [-0.05, 0) is 78.3 Å². The summed E-state index contributed by atoms with van der Waals surface area (Å²) in [4.78, 5) is 19.8. The second-order valence-electron chi connectivity index (χ2n) is 8.60. The first kappa shape index (κ1) is 15.4. The number of aromatic hydroxyl groups is 1. The Labute approximate surface area is 158 Å². The SMILES string of the molecule is O=C(c1cccc(-c2ccc(O)cc2)n1)N1CC2[C@@H](C1)[C@H]1C=C[C@@H]2[C@@H]2C[C@H]12. The lowest BCUT2D eigenvalue weighted by atomic mass is 9.64. The average Bonchev–Trinajstić information content (AvgIpc) is 3.40. The molecule has 27 heavy (non-hydrogen) atoms. The third-order valence-electron chi connectivity index (χ3n) is 7.26. The summed E-state index contributed by atoms with van der Waals surface area (Å²) in [6, 6.07) is 12.6. The number of pyridine rings is 1. The van der Waals surface area contributed by atoms with Gasteiger partial charge in [0.05, 0.1) is 5.69 Å². The fourth-order valence-electron chi connectivity index (χ4n) is 5.93. The highest BCUT2D eigenvalue weighted by atomic mass is 16.3. The Morgan fingerprint density at radius 3 is 2.26 bits per heavy atom. The highest BCUT2D eigenvalue weighted by Gasteiger charge is 2.61. The molecule has 1 amide bonds.